The fourth-order valence-electron chi connectivity index (χ4n) is 1.92. The van der Waals surface area contributed by atoms with Gasteiger partial charge in [-0.25, -0.2) is 4.68 Å². The highest BCUT2D eigenvalue weighted by molar-refractivity contribution is 8.00. The lowest BCUT2D eigenvalue weighted by Gasteiger charge is -2.21. The van der Waals surface area contributed by atoms with Crippen molar-refractivity contribution in [1.82, 2.24) is 20.2 Å². The Labute approximate surface area is 100 Å². The summed E-state index contributed by atoms with van der Waals surface area (Å²) in [6.45, 7) is 4.85. The molecule has 1 heterocycles. The van der Waals surface area contributed by atoms with Gasteiger partial charge < -0.3 is 5.73 Å². The van der Waals surface area contributed by atoms with Crippen molar-refractivity contribution in [3.8, 4) is 0 Å². The molecule has 0 bridgehead atoms. The van der Waals surface area contributed by atoms with Gasteiger partial charge in [0.2, 0.25) is 5.16 Å². The molecule has 1 saturated carbocycles. The van der Waals surface area contributed by atoms with Crippen LogP contribution in [-0.4, -0.2) is 31.5 Å². The number of tetrazole rings is 1. The van der Waals surface area contributed by atoms with E-state index >= 15 is 0 Å². The monoisotopic (exact) mass is 241 g/mol. The van der Waals surface area contributed by atoms with E-state index in [-0.39, 0.29) is 4.75 Å². The number of nitrogens with zero attached hydrogens (tertiary/aromatic N) is 4. The van der Waals surface area contributed by atoms with Crippen LogP contribution in [-0.2, 0) is 0 Å². The molecule has 2 rings (SSSR count). The maximum atomic E-state index is 5.73. The van der Waals surface area contributed by atoms with E-state index in [2.05, 4.69) is 29.4 Å². The summed E-state index contributed by atoms with van der Waals surface area (Å²) < 4.78 is 1.97. The molecule has 90 valence electrons. The molecule has 0 unspecified atom stereocenters. The van der Waals surface area contributed by atoms with E-state index in [1.807, 2.05) is 4.68 Å². The summed E-state index contributed by atoms with van der Waals surface area (Å²) in [6.07, 6.45) is 4.97. The summed E-state index contributed by atoms with van der Waals surface area (Å²) in [5.41, 5.74) is 5.73. The maximum Gasteiger partial charge on any atom is 0.210 e. The standard InChI is InChI=1S/C10H19N5S/c1-10(2,7-11)16-9-12-13-14-15(9)8-5-3-4-6-8/h8H,3-7,11H2,1-2H3. The summed E-state index contributed by atoms with van der Waals surface area (Å²) in [6, 6.07) is 0.492. The van der Waals surface area contributed by atoms with Crippen LogP contribution < -0.4 is 5.73 Å². The zero-order chi connectivity index (χ0) is 11.6. The van der Waals surface area contributed by atoms with Crippen LogP contribution in [0.25, 0.3) is 0 Å². The molecule has 1 aliphatic carbocycles. The van der Waals surface area contributed by atoms with Crippen molar-refractivity contribution in [1.29, 1.82) is 0 Å². The highest BCUT2D eigenvalue weighted by Gasteiger charge is 2.26. The first-order valence-electron chi connectivity index (χ1n) is 5.79. The smallest absolute Gasteiger partial charge is 0.210 e. The minimum absolute atomic E-state index is 0.00886. The molecule has 0 aliphatic heterocycles. The number of hydrogen-bond acceptors (Lipinski definition) is 5. The summed E-state index contributed by atoms with van der Waals surface area (Å²) in [5.74, 6) is 0. The normalized spacial score (nSPS) is 18.2. The second-order valence-electron chi connectivity index (χ2n) is 4.91. The van der Waals surface area contributed by atoms with E-state index in [1.54, 1.807) is 11.8 Å². The number of rotatable bonds is 4. The molecule has 0 aromatic carbocycles. The van der Waals surface area contributed by atoms with E-state index in [1.165, 1.54) is 25.7 Å². The van der Waals surface area contributed by atoms with Gasteiger partial charge in [-0.1, -0.05) is 24.6 Å². The SMILES string of the molecule is CC(C)(CN)Sc1nnnn1C1CCCC1. The minimum Gasteiger partial charge on any atom is -0.329 e. The van der Waals surface area contributed by atoms with Crippen LogP contribution in [0, 0.1) is 0 Å². The summed E-state index contributed by atoms with van der Waals surface area (Å²) in [7, 11) is 0. The lowest BCUT2D eigenvalue weighted by atomic mass is 10.2. The van der Waals surface area contributed by atoms with Gasteiger partial charge in [0, 0.05) is 11.3 Å². The van der Waals surface area contributed by atoms with E-state index in [4.69, 9.17) is 5.73 Å². The molecule has 5 nitrogen and oxygen atoms in total. The Morgan fingerprint density at radius 1 is 1.44 bits per heavy atom. The highest BCUT2D eigenvalue weighted by Crippen LogP contribution is 2.35. The van der Waals surface area contributed by atoms with Gasteiger partial charge in [-0.2, -0.15) is 0 Å². The number of aromatic nitrogens is 4. The van der Waals surface area contributed by atoms with Crippen LogP contribution >= 0.6 is 11.8 Å². The molecule has 2 N–H and O–H groups in total. The Bertz CT molecular complexity index is 343. The Kier molecular flexibility index (Phi) is 3.49. The zero-order valence-corrected chi connectivity index (χ0v) is 10.7. The van der Waals surface area contributed by atoms with Crippen molar-refractivity contribution in [2.45, 2.75) is 55.5 Å². The van der Waals surface area contributed by atoms with Gasteiger partial charge in [-0.15, -0.1) is 5.10 Å². The molecule has 1 aromatic heterocycles. The molecule has 0 atom stereocenters. The largest absolute Gasteiger partial charge is 0.329 e. The Morgan fingerprint density at radius 3 is 2.75 bits per heavy atom. The van der Waals surface area contributed by atoms with E-state index in [0.29, 0.717) is 12.6 Å². The van der Waals surface area contributed by atoms with Crippen molar-refractivity contribution in [2.75, 3.05) is 6.54 Å². The minimum atomic E-state index is -0.00886. The van der Waals surface area contributed by atoms with Gasteiger partial charge in [0.15, 0.2) is 0 Å². The molecular formula is C10H19N5S. The van der Waals surface area contributed by atoms with Crippen LogP contribution in [0.3, 0.4) is 0 Å². The lowest BCUT2D eigenvalue weighted by Crippen LogP contribution is -2.27. The van der Waals surface area contributed by atoms with E-state index in [9.17, 15) is 0 Å². The Morgan fingerprint density at radius 2 is 2.12 bits per heavy atom. The molecule has 1 aromatic rings. The van der Waals surface area contributed by atoms with Gasteiger partial charge in [-0.05, 0) is 37.1 Å². The average molecular weight is 241 g/mol. The Balaban J connectivity index is 2.12. The third kappa shape index (κ3) is 2.55. The Hall–Kier alpha value is -0.620. The van der Waals surface area contributed by atoms with Crippen LogP contribution in [0.15, 0.2) is 5.16 Å². The van der Waals surface area contributed by atoms with Gasteiger partial charge in [0.25, 0.3) is 0 Å². The zero-order valence-electron chi connectivity index (χ0n) is 9.89. The topological polar surface area (TPSA) is 69.6 Å². The van der Waals surface area contributed by atoms with Crippen molar-refractivity contribution in [3.05, 3.63) is 0 Å². The van der Waals surface area contributed by atoms with Gasteiger partial charge in [0.1, 0.15) is 0 Å². The molecule has 0 spiro atoms. The first-order valence-corrected chi connectivity index (χ1v) is 6.61. The summed E-state index contributed by atoms with van der Waals surface area (Å²) in [4.78, 5) is 0. The first kappa shape index (κ1) is 11.9. The highest BCUT2D eigenvalue weighted by atomic mass is 32.2. The molecule has 0 radical (unpaired) electrons. The van der Waals surface area contributed by atoms with Crippen molar-refractivity contribution < 1.29 is 0 Å². The lowest BCUT2D eigenvalue weighted by molar-refractivity contribution is 0.422. The van der Waals surface area contributed by atoms with E-state index in [0.717, 1.165) is 5.16 Å². The van der Waals surface area contributed by atoms with Crippen LogP contribution in [0.5, 0.6) is 0 Å². The number of thioether (sulfide) groups is 1. The van der Waals surface area contributed by atoms with Gasteiger partial charge in [0.05, 0.1) is 6.04 Å². The first-order chi connectivity index (χ1) is 7.62. The maximum absolute atomic E-state index is 5.73. The van der Waals surface area contributed by atoms with E-state index < -0.39 is 0 Å². The van der Waals surface area contributed by atoms with Crippen LogP contribution in [0.2, 0.25) is 0 Å². The van der Waals surface area contributed by atoms with Crippen molar-refractivity contribution in [2.24, 2.45) is 5.73 Å². The second-order valence-corrected chi connectivity index (χ2v) is 6.58. The van der Waals surface area contributed by atoms with Crippen molar-refractivity contribution in [3.63, 3.8) is 0 Å². The molecule has 0 saturated heterocycles. The van der Waals surface area contributed by atoms with Crippen LogP contribution in [0.1, 0.15) is 45.6 Å². The molecule has 6 heteroatoms. The summed E-state index contributed by atoms with van der Waals surface area (Å²) in [5, 5.41) is 12.9. The second kappa shape index (κ2) is 4.71. The van der Waals surface area contributed by atoms with Crippen molar-refractivity contribution >= 4 is 11.8 Å². The molecule has 0 amide bonds. The summed E-state index contributed by atoms with van der Waals surface area (Å²) >= 11 is 1.67. The third-order valence-corrected chi connectivity index (χ3v) is 4.16. The molecule has 16 heavy (non-hydrogen) atoms. The number of hydrogen-bond donors (Lipinski definition) is 1. The van der Waals surface area contributed by atoms with Gasteiger partial charge >= 0.3 is 0 Å². The number of nitrogens with two attached hydrogens (primary N) is 1. The molecule has 1 aliphatic rings. The fraction of sp³-hybridized carbons (Fsp3) is 0.900. The average Bonchev–Trinajstić information content (AvgIpc) is 2.86. The predicted octanol–water partition coefficient (Wildman–Crippen LogP) is 1.62. The quantitative estimate of drug-likeness (QED) is 0.811. The van der Waals surface area contributed by atoms with Gasteiger partial charge in [-0.3, -0.25) is 0 Å². The van der Waals surface area contributed by atoms with Crippen LogP contribution in [0.4, 0.5) is 0 Å². The predicted molar refractivity (Wildman–Crippen MR) is 64.3 cm³/mol. The fourth-order valence-corrected chi connectivity index (χ4v) is 2.85. The third-order valence-electron chi connectivity index (χ3n) is 2.99. The molecule has 1 fully saturated rings. The molecular weight excluding hydrogens is 222 g/mol.